The van der Waals surface area contributed by atoms with Crippen LogP contribution in [0.15, 0.2) is 53.4 Å². The largest absolute Gasteiger partial charge is 0.548 e. The molecular weight excluding hydrogens is 423 g/mol. The fraction of sp³-hybridized carbons (Fsp3) is 0.158. The number of benzene rings is 2. The molecule has 0 atom stereocenters. The van der Waals surface area contributed by atoms with Crippen LogP contribution in [0.5, 0.6) is 0 Å². The fourth-order valence-corrected chi connectivity index (χ4v) is 3.50. The molecule has 0 bridgehead atoms. The summed E-state index contributed by atoms with van der Waals surface area (Å²) in [5.74, 6) is -1.74. The maximum atomic E-state index is 13.9. The zero-order chi connectivity index (χ0) is 22.3. The van der Waals surface area contributed by atoms with Gasteiger partial charge in [-0.25, -0.2) is 13.6 Å². The summed E-state index contributed by atoms with van der Waals surface area (Å²) in [6, 6.07) is 10.9. The molecule has 0 radical (unpaired) electrons. The molecule has 0 spiro atoms. The van der Waals surface area contributed by atoms with Gasteiger partial charge in [-0.15, -0.1) is 0 Å². The lowest BCUT2D eigenvalue weighted by atomic mass is 9.98. The molecule has 7 nitrogen and oxygen atoms in total. The van der Waals surface area contributed by atoms with Gasteiger partial charge in [0, 0.05) is 11.1 Å². The number of aryl methyl sites for hydroxylation is 1. The van der Waals surface area contributed by atoms with E-state index in [1.807, 2.05) is 0 Å². The zero-order valence-electron chi connectivity index (χ0n) is 15.5. The van der Waals surface area contributed by atoms with Gasteiger partial charge in [-0.1, -0.05) is 42.0 Å². The summed E-state index contributed by atoms with van der Waals surface area (Å²) >= 11 is 0. The molecule has 0 fully saturated rings. The van der Waals surface area contributed by atoms with Crippen molar-refractivity contribution in [1.29, 1.82) is 0 Å². The Kier molecular flexibility index (Phi) is 5.44. The monoisotopic (exact) mass is 438 g/mol. The summed E-state index contributed by atoms with van der Waals surface area (Å²) in [5.41, 5.74) is -0.598. The van der Waals surface area contributed by atoms with E-state index < -0.39 is 34.4 Å². The Morgan fingerprint density at radius 1 is 1.07 bits per heavy atom. The highest BCUT2D eigenvalue weighted by Gasteiger charge is 2.40. The van der Waals surface area contributed by atoms with E-state index in [1.165, 1.54) is 24.3 Å². The number of aliphatic carboxylic acids is 1. The van der Waals surface area contributed by atoms with Gasteiger partial charge in [0.1, 0.15) is 5.69 Å². The van der Waals surface area contributed by atoms with Gasteiger partial charge in [-0.3, -0.25) is 4.68 Å². The van der Waals surface area contributed by atoms with E-state index in [2.05, 4.69) is 5.10 Å². The van der Waals surface area contributed by atoms with Crippen LogP contribution in [-0.4, -0.2) is 24.2 Å². The average Bonchev–Trinajstić information content (AvgIpc) is 3.00. The predicted octanol–water partition coefficient (Wildman–Crippen LogP) is 1.94. The van der Waals surface area contributed by atoms with E-state index >= 15 is 0 Å². The van der Waals surface area contributed by atoms with Crippen LogP contribution in [0.2, 0.25) is 0 Å². The van der Waals surface area contributed by atoms with Crippen LogP contribution in [0, 0.1) is 6.92 Å². The number of alkyl halides is 3. The van der Waals surface area contributed by atoms with Crippen molar-refractivity contribution in [3.8, 4) is 22.4 Å². The number of nitrogens with two attached hydrogens (primary N) is 1. The molecule has 158 valence electrons. The summed E-state index contributed by atoms with van der Waals surface area (Å²) in [4.78, 5) is 10.8. The number of nitrogens with zero attached hydrogens (tertiary/aromatic N) is 2. The third-order valence-corrected chi connectivity index (χ3v) is 5.23. The van der Waals surface area contributed by atoms with Gasteiger partial charge in [-0.05, 0) is 24.6 Å². The number of hydrogen-bond donors (Lipinski definition) is 1. The molecule has 2 N–H and O–H groups in total. The molecule has 0 aliphatic heterocycles. The smallest absolute Gasteiger partial charge is 0.433 e. The highest BCUT2D eigenvalue weighted by Crippen LogP contribution is 2.42. The number of carboxylic acid groups (broad SMARTS) is 1. The third-order valence-electron chi connectivity index (χ3n) is 4.30. The maximum Gasteiger partial charge on any atom is 0.433 e. The Morgan fingerprint density at radius 3 is 2.07 bits per heavy atom. The van der Waals surface area contributed by atoms with E-state index in [0.717, 1.165) is 17.7 Å². The van der Waals surface area contributed by atoms with Crippen molar-refractivity contribution in [2.24, 2.45) is 5.14 Å². The number of sulfonamides is 1. The quantitative estimate of drug-likeness (QED) is 0.653. The van der Waals surface area contributed by atoms with Gasteiger partial charge < -0.3 is 9.90 Å². The Balaban J connectivity index is 2.32. The Bertz CT molecular complexity index is 1200. The number of carboxylic acids is 1. The van der Waals surface area contributed by atoms with Crippen LogP contribution in [0.1, 0.15) is 11.3 Å². The molecule has 3 aromatic rings. The highest BCUT2D eigenvalue weighted by molar-refractivity contribution is 7.89. The van der Waals surface area contributed by atoms with Crippen molar-refractivity contribution < 1.29 is 31.5 Å². The van der Waals surface area contributed by atoms with Gasteiger partial charge in [0.15, 0.2) is 5.69 Å². The topological polar surface area (TPSA) is 118 Å². The molecule has 0 aliphatic carbocycles. The molecule has 0 saturated carbocycles. The first-order chi connectivity index (χ1) is 13.9. The average molecular weight is 438 g/mol. The van der Waals surface area contributed by atoms with Crippen LogP contribution >= 0.6 is 0 Å². The van der Waals surface area contributed by atoms with E-state index in [4.69, 9.17) is 5.14 Å². The van der Waals surface area contributed by atoms with Crippen LogP contribution in [0.4, 0.5) is 13.2 Å². The molecule has 2 aromatic carbocycles. The lowest BCUT2D eigenvalue weighted by molar-refractivity contribution is -0.306. The van der Waals surface area contributed by atoms with Crippen LogP contribution < -0.4 is 10.2 Å². The molecular formula is C19H15F3N3O4S-. The third kappa shape index (κ3) is 4.36. The van der Waals surface area contributed by atoms with Crippen LogP contribution in [0.3, 0.4) is 0 Å². The van der Waals surface area contributed by atoms with E-state index in [-0.39, 0.29) is 27.3 Å². The van der Waals surface area contributed by atoms with Crippen LogP contribution in [-0.2, 0) is 27.5 Å². The molecule has 0 unspecified atom stereocenters. The predicted molar refractivity (Wildman–Crippen MR) is 99.2 cm³/mol. The fourth-order valence-electron chi connectivity index (χ4n) is 2.98. The number of rotatable bonds is 5. The molecule has 0 saturated heterocycles. The molecule has 1 heterocycles. The second-order valence-corrected chi connectivity index (χ2v) is 8.10. The Morgan fingerprint density at radius 2 is 1.60 bits per heavy atom. The number of carbonyl (C=O) groups excluding carboxylic acids is 1. The first kappa shape index (κ1) is 21.5. The second kappa shape index (κ2) is 7.58. The molecule has 0 amide bonds. The summed E-state index contributed by atoms with van der Waals surface area (Å²) in [7, 11) is -4.00. The second-order valence-electron chi connectivity index (χ2n) is 6.54. The maximum absolute atomic E-state index is 13.9. The zero-order valence-corrected chi connectivity index (χ0v) is 16.3. The lowest BCUT2D eigenvalue weighted by Crippen LogP contribution is -2.30. The van der Waals surface area contributed by atoms with Crippen molar-refractivity contribution in [2.45, 2.75) is 24.5 Å². The normalized spacial score (nSPS) is 12.2. The van der Waals surface area contributed by atoms with Crippen molar-refractivity contribution in [2.75, 3.05) is 0 Å². The van der Waals surface area contributed by atoms with Gasteiger partial charge in [0.2, 0.25) is 10.0 Å². The number of carbonyl (C=O) groups is 1. The molecule has 0 aliphatic rings. The highest BCUT2D eigenvalue weighted by atomic mass is 32.2. The van der Waals surface area contributed by atoms with Gasteiger partial charge in [-0.2, -0.15) is 18.3 Å². The minimum atomic E-state index is -4.92. The first-order valence-electron chi connectivity index (χ1n) is 8.46. The Labute approximate surface area is 169 Å². The van der Waals surface area contributed by atoms with Crippen molar-refractivity contribution in [3.05, 3.63) is 59.8 Å². The van der Waals surface area contributed by atoms with E-state index in [9.17, 15) is 31.5 Å². The minimum absolute atomic E-state index is 0.153. The van der Waals surface area contributed by atoms with E-state index in [0.29, 0.717) is 4.68 Å². The lowest BCUT2D eigenvalue weighted by Gasteiger charge is -2.13. The molecule has 30 heavy (non-hydrogen) atoms. The summed E-state index contributed by atoms with van der Waals surface area (Å²) in [6.07, 6.45) is -4.92. The molecule has 1 aromatic heterocycles. The summed E-state index contributed by atoms with van der Waals surface area (Å²) in [6.45, 7) is 0.657. The summed E-state index contributed by atoms with van der Waals surface area (Å²) < 4.78 is 64.9. The number of primary sulfonamides is 1. The standard InChI is InChI=1S/C19H16F3N3O4S/c1-11-2-4-12(5-3-11)16-17(13-6-8-14(9-7-13)30(23,28)29)24-25(10-15(26)27)18(16)19(20,21)22/h2-9H,10H2,1H3,(H,26,27)(H2,23,28,29)/p-1. The van der Waals surface area contributed by atoms with Gasteiger partial charge in [0.05, 0.1) is 17.4 Å². The minimum Gasteiger partial charge on any atom is -0.548 e. The molecule has 11 heteroatoms. The van der Waals surface area contributed by atoms with E-state index in [1.54, 1.807) is 19.1 Å². The van der Waals surface area contributed by atoms with Crippen molar-refractivity contribution >= 4 is 16.0 Å². The Hall–Kier alpha value is -3.18. The van der Waals surface area contributed by atoms with Crippen molar-refractivity contribution in [3.63, 3.8) is 0 Å². The van der Waals surface area contributed by atoms with Gasteiger partial charge >= 0.3 is 6.18 Å². The van der Waals surface area contributed by atoms with Crippen LogP contribution in [0.25, 0.3) is 22.4 Å². The first-order valence-corrected chi connectivity index (χ1v) is 10.0. The summed E-state index contributed by atoms with van der Waals surface area (Å²) in [5, 5.41) is 19.9. The number of halogens is 3. The van der Waals surface area contributed by atoms with Gasteiger partial charge in [0.25, 0.3) is 0 Å². The molecule has 3 rings (SSSR count). The number of aromatic nitrogens is 2. The SMILES string of the molecule is Cc1ccc(-c2c(-c3ccc(S(N)(=O)=O)cc3)nn(CC(=O)[O-])c2C(F)(F)F)cc1. The number of hydrogen-bond acceptors (Lipinski definition) is 5. The van der Waals surface area contributed by atoms with Crippen molar-refractivity contribution in [1.82, 2.24) is 9.78 Å².